The molecule has 106 valence electrons. The Balaban J connectivity index is 2.16. The van der Waals surface area contributed by atoms with Crippen molar-refractivity contribution in [2.75, 3.05) is 13.1 Å². The molecule has 19 heavy (non-hydrogen) atoms. The predicted molar refractivity (Wildman–Crippen MR) is 72.0 cm³/mol. The van der Waals surface area contributed by atoms with Crippen molar-refractivity contribution in [1.29, 1.82) is 0 Å². The molecule has 0 radical (unpaired) electrons. The van der Waals surface area contributed by atoms with E-state index in [4.69, 9.17) is 5.73 Å². The van der Waals surface area contributed by atoms with Gasteiger partial charge in [-0.25, -0.2) is 4.79 Å². The molecule has 2 heterocycles. The Labute approximate surface area is 113 Å². The van der Waals surface area contributed by atoms with Crippen molar-refractivity contribution in [3.8, 4) is 0 Å². The molecular formula is C13H22N4O2. The number of likely N-dealkylation sites (tertiary alicyclic amines) is 1. The highest BCUT2D eigenvalue weighted by Crippen LogP contribution is 2.20. The first-order chi connectivity index (χ1) is 9.13. The van der Waals surface area contributed by atoms with Crippen molar-refractivity contribution in [3.05, 3.63) is 12.3 Å². The van der Waals surface area contributed by atoms with Crippen LogP contribution in [0.25, 0.3) is 0 Å². The molecule has 3 amide bonds. The van der Waals surface area contributed by atoms with Crippen molar-refractivity contribution in [1.82, 2.24) is 15.1 Å². The average molecular weight is 266 g/mol. The molecule has 1 fully saturated rings. The van der Waals surface area contributed by atoms with Crippen LogP contribution in [-0.2, 0) is 4.79 Å². The zero-order valence-corrected chi connectivity index (χ0v) is 11.3. The third kappa shape index (κ3) is 3.07. The summed E-state index contributed by atoms with van der Waals surface area (Å²) in [5, 5.41) is 2.85. The van der Waals surface area contributed by atoms with Crippen LogP contribution in [-0.4, -0.2) is 47.0 Å². The van der Waals surface area contributed by atoms with Crippen molar-refractivity contribution in [2.24, 2.45) is 5.73 Å². The van der Waals surface area contributed by atoms with E-state index in [0.29, 0.717) is 0 Å². The summed E-state index contributed by atoms with van der Waals surface area (Å²) in [5.74, 6) is -0.169. The minimum Gasteiger partial charge on any atom is -0.351 e. The van der Waals surface area contributed by atoms with Crippen LogP contribution in [0.3, 0.4) is 0 Å². The van der Waals surface area contributed by atoms with Crippen LogP contribution in [0.5, 0.6) is 0 Å². The number of nitrogens with zero attached hydrogens (tertiary/aromatic N) is 2. The Bertz CT molecular complexity index is 377. The van der Waals surface area contributed by atoms with Crippen LogP contribution >= 0.6 is 0 Å². The van der Waals surface area contributed by atoms with Gasteiger partial charge < -0.3 is 11.1 Å². The highest BCUT2D eigenvalue weighted by atomic mass is 16.2. The molecule has 6 heteroatoms. The molecule has 2 rings (SSSR count). The van der Waals surface area contributed by atoms with E-state index in [2.05, 4.69) is 17.1 Å². The van der Waals surface area contributed by atoms with Gasteiger partial charge in [-0.15, -0.1) is 0 Å². The van der Waals surface area contributed by atoms with Gasteiger partial charge in [0.2, 0.25) is 5.91 Å². The molecule has 0 aromatic heterocycles. The summed E-state index contributed by atoms with van der Waals surface area (Å²) in [6, 6.07) is -0.418. The Morgan fingerprint density at radius 2 is 2.16 bits per heavy atom. The number of hydrogen-bond donors (Lipinski definition) is 2. The number of rotatable bonds is 3. The zero-order chi connectivity index (χ0) is 13.8. The standard InChI is InChI=1S/C13H22N4O2/c1-2-10(16-7-4-3-5-8-16)12-15-11(18)6-9-17(12)13(14)19/h6,9-10,12H,2-5,7-8H2,1H3,(H2,14,19)(H,15,18). The molecule has 2 unspecified atom stereocenters. The average Bonchev–Trinajstić information content (AvgIpc) is 2.40. The summed E-state index contributed by atoms with van der Waals surface area (Å²) in [7, 11) is 0. The SMILES string of the molecule is CCC(C1NC(=O)C=CN1C(N)=O)N1CCCCC1. The first-order valence-electron chi connectivity index (χ1n) is 6.94. The summed E-state index contributed by atoms with van der Waals surface area (Å²) < 4.78 is 0. The van der Waals surface area contributed by atoms with E-state index in [1.165, 1.54) is 36.4 Å². The van der Waals surface area contributed by atoms with Gasteiger partial charge in [0.15, 0.2) is 0 Å². The molecule has 3 N–H and O–H groups in total. The van der Waals surface area contributed by atoms with Gasteiger partial charge in [-0.05, 0) is 32.4 Å². The molecule has 0 saturated carbocycles. The van der Waals surface area contributed by atoms with Crippen molar-refractivity contribution >= 4 is 11.9 Å². The number of primary amides is 1. The Morgan fingerprint density at radius 1 is 1.47 bits per heavy atom. The first-order valence-corrected chi connectivity index (χ1v) is 6.94. The predicted octanol–water partition coefficient (Wildman–Crippen LogP) is 0.601. The number of amides is 3. The summed E-state index contributed by atoms with van der Waals surface area (Å²) in [5.41, 5.74) is 5.39. The van der Waals surface area contributed by atoms with Crippen molar-refractivity contribution in [2.45, 2.75) is 44.8 Å². The van der Waals surface area contributed by atoms with Gasteiger partial charge in [-0.3, -0.25) is 14.6 Å². The molecule has 0 bridgehead atoms. The van der Waals surface area contributed by atoms with Gasteiger partial charge in [0.05, 0.1) is 0 Å². The fraction of sp³-hybridized carbons (Fsp3) is 0.692. The molecule has 6 nitrogen and oxygen atoms in total. The second-order valence-corrected chi connectivity index (χ2v) is 5.09. The normalized spacial score (nSPS) is 26.1. The Morgan fingerprint density at radius 3 is 2.74 bits per heavy atom. The van der Waals surface area contributed by atoms with Gasteiger partial charge in [0.1, 0.15) is 6.17 Å². The molecule has 2 atom stereocenters. The fourth-order valence-corrected chi connectivity index (χ4v) is 2.93. The Kier molecular flexibility index (Phi) is 4.42. The number of nitrogens with one attached hydrogen (secondary N) is 1. The smallest absolute Gasteiger partial charge is 0.320 e. The zero-order valence-electron chi connectivity index (χ0n) is 11.3. The van der Waals surface area contributed by atoms with Crippen LogP contribution in [0.1, 0.15) is 32.6 Å². The molecule has 1 saturated heterocycles. The largest absolute Gasteiger partial charge is 0.351 e. The number of carbonyl (C=O) groups is 2. The molecule has 0 aromatic carbocycles. The van der Waals surface area contributed by atoms with Crippen LogP contribution in [0.15, 0.2) is 12.3 Å². The second kappa shape index (κ2) is 6.06. The van der Waals surface area contributed by atoms with Gasteiger partial charge in [0.25, 0.3) is 0 Å². The third-order valence-electron chi connectivity index (χ3n) is 3.87. The third-order valence-corrected chi connectivity index (χ3v) is 3.87. The van der Waals surface area contributed by atoms with E-state index in [9.17, 15) is 9.59 Å². The van der Waals surface area contributed by atoms with Gasteiger partial charge in [-0.1, -0.05) is 13.3 Å². The number of carbonyl (C=O) groups excluding carboxylic acids is 2. The number of hydrogen-bond acceptors (Lipinski definition) is 3. The lowest BCUT2D eigenvalue weighted by molar-refractivity contribution is -0.119. The molecular weight excluding hydrogens is 244 g/mol. The maximum Gasteiger partial charge on any atom is 0.320 e. The molecule has 0 aromatic rings. The summed E-state index contributed by atoms with van der Waals surface area (Å²) in [4.78, 5) is 26.8. The van der Waals surface area contributed by atoms with Crippen LogP contribution in [0.4, 0.5) is 4.79 Å². The summed E-state index contributed by atoms with van der Waals surface area (Å²) >= 11 is 0. The number of urea groups is 1. The van der Waals surface area contributed by atoms with Crippen molar-refractivity contribution < 1.29 is 9.59 Å². The van der Waals surface area contributed by atoms with Gasteiger partial charge in [0, 0.05) is 18.3 Å². The van der Waals surface area contributed by atoms with Crippen LogP contribution in [0.2, 0.25) is 0 Å². The van der Waals surface area contributed by atoms with Crippen LogP contribution in [0, 0.1) is 0 Å². The lowest BCUT2D eigenvalue weighted by Gasteiger charge is -2.43. The molecule has 0 spiro atoms. The summed E-state index contributed by atoms with van der Waals surface area (Å²) in [6.07, 6.45) is 6.92. The monoisotopic (exact) mass is 266 g/mol. The van der Waals surface area contributed by atoms with E-state index in [1.54, 1.807) is 0 Å². The highest BCUT2D eigenvalue weighted by molar-refractivity contribution is 5.90. The number of nitrogens with two attached hydrogens (primary N) is 1. The molecule has 0 aliphatic carbocycles. The number of piperidine rings is 1. The Hall–Kier alpha value is -1.56. The topological polar surface area (TPSA) is 78.7 Å². The summed E-state index contributed by atoms with van der Waals surface area (Å²) in [6.45, 7) is 4.10. The molecule has 2 aliphatic rings. The minimum atomic E-state index is -0.531. The highest BCUT2D eigenvalue weighted by Gasteiger charge is 2.35. The first kappa shape index (κ1) is 13.9. The van der Waals surface area contributed by atoms with E-state index in [-0.39, 0.29) is 18.1 Å². The minimum absolute atomic E-state index is 0.113. The van der Waals surface area contributed by atoms with Gasteiger partial charge >= 0.3 is 6.03 Å². The van der Waals surface area contributed by atoms with E-state index >= 15 is 0 Å². The quantitative estimate of drug-likeness (QED) is 0.785. The lowest BCUT2D eigenvalue weighted by atomic mass is 10.0. The fourth-order valence-electron chi connectivity index (χ4n) is 2.93. The van der Waals surface area contributed by atoms with Crippen LogP contribution < -0.4 is 11.1 Å². The van der Waals surface area contributed by atoms with Gasteiger partial charge in [-0.2, -0.15) is 0 Å². The lowest BCUT2D eigenvalue weighted by Crippen LogP contribution is -2.62. The van der Waals surface area contributed by atoms with E-state index < -0.39 is 6.03 Å². The maximum absolute atomic E-state index is 11.5. The van der Waals surface area contributed by atoms with E-state index in [0.717, 1.165) is 19.5 Å². The maximum atomic E-state index is 11.5. The molecule has 2 aliphatic heterocycles. The second-order valence-electron chi connectivity index (χ2n) is 5.09. The van der Waals surface area contributed by atoms with Crippen molar-refractivity contribution in [3.63, 3.8) is 0 Å². The van der Waals surface area contributed by atoms with E-state index in [1.807, 2.05) is 0 Å².